The van der Waals surface area contributed by atoms with E-state index in [1.54, 1.807) is 0 Å². The van der Waals surface area contributed by atoms with E-state index in [-0.39, 0.29) is 18.0 Å². The van der Waals surface area contributed by atoms with E-state index in [1.165, 1.54) is 11.3 Å². The summed E-state index contributed by atoms with van der Waals surface area (Å²) in [4.78, 5) is 21.5. The predicted molar refractivity (Wildman–Crippen MR) is 87.8 cm³/mol. The summed E-state index contributed by atoms with van der Waals surface area (Å²) in [6.45, 7) is 8.46. The Kier molecular flexibility index (Phi) is 5.05. The molecule has 118 valence electrons. The molecule has 21 heavy (non-hydrogen) atoms. The molecule has 1 saturated heterocycles. The fraction of sp³-hybridized carbons (Fsp3) is 0.714. The number of hydrogen-bond acceptors (Lipinski definition) is 6. The van der Waals surface area contributed by atoms with Crippen LogP contribution in [-0.4, -0.2) is 47.5 Å². The molecule has 1 fully saturated rings. The normalized spacial score (nSPS) is 19.8. The van der Waals surface area contributed by atoms with Crippen LogP contribution in [-0.2, 0) is 0 Å². The largest absolute Gasteiger partial charge is 0.382 e. The van der Waals surface area contributed by atoms with Crippen LogP contribution in [0.3, 0.4) is 0 Å². The Bertz CT molecular complexity index is 504. The van der Waals surface area contributed by atoms with Gasteiger partial charge in [0, 0.05) is 31.7 Å². The van der Waals surface area contributed by atoms with E-state index in [0.717, 1.165) is 31.1 Å². The van der Waals surface area contributed by atoms with Gasteiger partial charge in [-0.25, -0.2) is 4.98 Å². The summed E-state index contributed by atoms with van der Waals surface area (Å²) in [7, 11) is 0. The van der Waals surface area contributed by atoms with Gasteiger partial charge in [0.25, 0.3) is 5.91 Å². The zero-order chi connectivity index (χ0) is 15.6. The van der Waals surface area contributed by atoms with Gasteiger partial charge in [-0.2, -0.15) is 0 Å². The van der Waals surface area contributed by atoms with Crippen molar-refractivity contribution in [2.75, 3.05) is 30.3 Å². The average molecular weight is 311 g/mol. The third-order valence-electron chi connectivity index (χ3n) is 4.06. The molecule has 0 bridgehead atoms. The number of aromatic nitrogens is 1. The van der Waals surface area contributed by atoms with Crippen LogP contribution in [0.1, 0.15) is 43.3 Å². The van der Waals surface area contributed by atoms with Gasteiger partial charge in [-0.1, -0.05) is 18.3 Å². The minimum atomic E-state index is -0.0170. The molecule has 0 spiro atoms. The lowest BCUT2D eigenvalue weighted by molar-refractivity contribution is 0.0706. The van der Waals surface area contributed by atoms with Crippen molar-refractivity contribution >= 4 is 28.2 Å². The topological polar surface area (TPSA) is 88.5 Å². The van der Waals surface area contributed by atoms with E-state index < -0.39 is 0 Å². The van der Waals surface area contributed by atoms with Gasteiger partial charge in [-0.15, -0.1) is 0 Å². The van der Waals surface area contributed by atoms with Gasteiger partial charge in [-0.05, 0) is 26.7 Å². The summed E-state index contributed by atoms with van der Waals surface area (Å²) in [5.74, 6) is 0.318. The molecule has 1 amide bonds. The Hall–Kier alpha value is -1.34. The summed E-state index contributed by atoms with van der Waals surface area (Å²) >= 11 is 1.38. The molecule has 1 aliphatic heterocycles. The van der Waals surface area contributed by atoms with E-state index in [4.69, 9.17) is 11.5 Å². The maximum Gasteiger partial charge on any atom is 0.268 e. The number of amides is 1. The highest BCUT2D eigenvalue weighted by Crippen LogP contribution is 2.31. The first-order valence-electron chi connectivity index (χ1n) is 7.55. The maximum absolute atomic E-state index is 12.7. The molecule has 2 unspecified atom stereocenters. The van der Waals surface area contributed by atoms with Crippen molar-refractivity contribution in [2.24, 2.45) is 5.73 Å². The minimum absolute atomic E-state index is 0.0170. The van der Waals surface area contributed by atoms with Gasteiger partial charge in [0.15, 0.2) is 5.13 Å². The van der Waals surface area contributed by atoms with Crippen LogP contribution < -0.4 is 16.4 Å². The summed E-state index contributed by atoms with van der Waals surface area (Å²) in [6.07, 6.45) is 1.88. The monoisotopic (exact) mass is 311 g/mol. The molecule has 2 heterocycles. The lowest BCUT2D eigenvalue weighted by Crippen LogP contribution is -2.38. The standard InChI is InChI=1S/C14H25N5OS/c1-4-9(3)19(5-2)13(20)11-12(16)17-14(21-11)18-7-6-10(15)8-18/h9-10H,4-8,15-16H2,1-3H3. The first-order chi connectivity index (χ1) is 9.97. The van der Waals surface area contributed by atoms with Crippen molar-refractivity contribution in [3.05, 3.63) is 4.88 Å². The molecular formula is C14H25N5OS. The Balaban J connectivity index is 2.20. The van der Waals surface area contributed by atoms with Crippen molar-refractivity contribution in [2.45, 2.75) is 45.7 Å². The number of nitrogens with zero attached hydrogens (tertiary/aromatic N) is 3. The highest BCUT2D eigenvalue weighted by atomic mass is 32.1. The molecule has 0 aromatic carbocycles. The van der Waals surface area contributed by atoms with Gasteiger partial charge in [-0.3, -0.25) is 4.79 Å². The number of nitrogen functional groups attached to an aromatic ring is 1. The first kappa shape index (κ1) is 16.0. The van der Waals surface area contributed by atoms with E-state index in [1.807, 2.05) is 11.8 Å². The van der Waals surface area contributed by atoms with Crippen molar-refractivity contribution in [1.29, 1.82) is 0 Å². The number of carbonyl (C=O) groups excluding carboxylic acids is 1. The molecule has 2 rings (SSSR count). The van der Waals surface area contributed by atoms with Crippen molar-refractivity contribution < 1.29 is 4.79 Å². The summed E-state index contributed by atoms with van der Waals surface area (Å²) in [6, 6.07) is 0.384. The number of hydrogen-bond donors (Lipinski definition) is 2. The lowest BCUT2D eigenvalue weighted by atomic mass is 10.2. The summed E-state index contributed by atoms with van der Waals surface area (Å²) in [5, 5.41) is 0.809. The van der Waals surface area contributed by atoms with Gasteiger partial charge in [0.2, 0.25) is 0 Å². The molecule has 0 radical (unpaired) electrons. The molecule has 4 N–H and O–H groups in total. The van der Waals surface area contributed by atoms with Crippen LogP contribution in [0.5, 0.6) is 0 Å². The second kappa shape index (κ2) is 6.62. The van der Waals surface area contributed by atoms with Gasteiger partial charge < -0.3 is 21.3 Å². The fourth-order valence-corrected chi connectivity index (χ4v) is 3.55. The summed E-state index contributed by atoms with van der Waals surface area (Å²) < 4.78 is 0. The van der Waals surface area contributed by atoms with Crippen molar-refractivity contribution in [3.8, 4) is 0 Å². The smallest absolute Gasteiger partial charge is 0.268 e. The van der Waals surface area contributed by atoms with E-state index in [2.05, 4.69) is 23.7 Å². The third-order valence-corrected chi connectivity index (χ3v) is 5.18. The molecule has 0 saturated carbocycles. The van der Waals surface area contributed by atoms with Crippen LogP contribution in [0.4, 0.5) is 10.9 Å². The third kappa shape index (κ3) is 3.29. The van der Waals surface area contributed by atoms with Gasteiger partial charge in [0.05, 0.1) is 0 Å². The zero-order valence-electron chi connectivity index (χ0n) is 13.0. The highest BCUT2D eigenvalue weighted by Gasteiger charge is 2.27. The SMILES string of the molecule is CCC(C)N(CC)C(=O)c1sc(N2CCC(N)C2)nc1N. The molecule has 6 nitrogen and oxygen atoms in total. The second-order valence-corrected chi connectivity index (χ2v) is 6.53. The Morgan fingerprint density at radius 3 is 2.81 bits per heavy atom. The highest BCUT2D eigenvalue weighted by molar-refractivity contribution is 7.18. The fourth-order valence-electron chi connectivity index (χ4n) is 2.58. The van der Waals surface area contributed by atoms with E-state index in [0.29, 0.717) is 17.2 Å². The molecule has 1 aromatic rings. The van der Waals surface area contributed by atoms with Crippen LogP contribution in [0.25, 0.3) is 0 Å². The summed E-state index contributed by atoms with van der Waals surface area (Å²) in [5.41, 5.74) is 11.9. The molecular weight excluding hydrogens is 286 g/mol. The molecule has 2 atom stereocenters. The first-order valence-corrected chi connectivity index (χ1v) is 8.37. The number of thiazole rings is 1. The maximum atomic E-state index is 12.7. The number of anilines is 2. The Morgan fingerprint density at radius 1 is 1.57 bits per heavy atom. The van der Waals surface area contributed by atoms with Crippen LogP contribution in [0.15, 0.2) is 0 Å². The van der Waals surface area contributed by atoms with Crippen LogP contribution >= 0.6 is 11.3 Å². The minimum Gasteiger partial charge on any atom is -0.382 e. The second-order valence-electron chi connectivity index (χ2n) is 5.55. The van der Waals surface area contributed by atoms with Crippen molar-refractivity contribution in [1.82, 2.24) is 9.88 Å². The van der Waals surface area contributed by atoms with E-state index >= 15 is 0 Å². The number of rotatable bonds is 5. The Morgan fingerprint density at radius 2 is 2.29 bits per heavy atom. The number of nitrogens with two attached hydrogens (primary N) is 2. The quantitative estimate of drug-likeness (QED) is 0.861. The lowest BCUT2D eigenvalue weighted by Gasteiger charge is -2.26. The molecule has 0 aliphatic carbocycles. The van der Waals surface area contributed by atoms with E-state index in [9.17, 15) is 4.79 Å². The van der Waals surface area contributed by atoms with Crippen LogP contribution in [0.2, 0.25) is 0 Å². The van der Waals surface area contributed by atoms with Gasteiger partial charge in [0.1, 0.15) is 10.7 Å². The Labute approximate surface area is 130 Å². The van der Waals surface area contributed by atoms with Crippen molar-refractivity contribution in [3.63, 3.8) is 0 Å². The average Bonchev–Trinajstić information content (AvgIpc) is 3.05. The molecule has 7 heteroatoms. The van der Waals surface area contributed by atoms with Crippen LogP contribution in [0, 0.1) is 0 Å². The molecule has 1 aliphatic rings. The zero-order valence-corrected chi connectivity index (χ0v) is 13.8. The molecule has 1 aromatic heterocycles. The van der Waals surface area contributed by atoms with Gasteiger partial charge >= 0.3 is 0 Å². The predicted octanol–water partition coefficient (Wildman–Crippen LogP) is 1.52. The number of carbonyl (C=O) groups is 1.